The normalized spacial score (nSPS) is 12.2. The number of nitrogens with zero attached hydrogens (tertiary/aromatic N) is 4. The number of amides is 1. The predicted octanol–water partition coefficient (Wildman–Crippen LogP) is 1.99. The molecule has 1 amide bonds. The highest BCUT2D eigenvalue weighted by Crippen LogP contribution is 2.25. The first-order chi connectivity index (χ1) is 10.3. The van der Waals surface area contributed by atoms with Crippen LogP contribution >= 0.6 is 11.6 Å². The van der Waals surface area contributed by atoms with Gasteiger partial charge in [0.25, 0.3) is 5.91 Å². The van der Waals surface area contributed by atoms with Crippen LogP contribution in [-0.4, -0.2) is 30.8 Å². The summed E-state index contributed by atoms with van der Waals surface area (Å²) in [7, 11) is 0. The number of H-pyrrole nitrogens is 1. The van der Waals surface area contributed by atoms with E-state index in [1.807, 2.05) is 20.0 Å². The standard InChI is InChI=1S/C12H15ClN6O3/c1-4-18-5-8(7(3)17-18)6(2)14-12(20)10-9(13)11(16-15-10)19(21)22/h5-6H,4H2,1-3H3,(H,14,20)(H,15,16). The summed E-state index contributed by atoms with van der Waals surface area (Å²) in [6, 6.07) is -0.334. The van der Waals surface area contributed by atoms with Gasteiger partial charge in [0, 0.05) is 18.3 Å². The lowest BCUT2D eigenvalue weighted by Crippen LogP contribution is -2.27. The van der Waals surface area contributed by atoms with Gasteiger partial charge in [-0.15, -0.1) is 5.10 Å². The molecule has 0 radical (unpaired) electrons. The summed E-state index contributed by atoms with van der Waals surface area (Å²) in [5, 5.41) is 23.1. The van der Waals surface area contributed by atoms with Crippen molar-refractivity contribution in [3.63, 3.8) is 0 Å². The Hall–Kier alpha value is -2.42. The molecule has 118 valence electrons. The molecule has 0 aliphatic carbocycles. The van der Waals surface area contributed by atoms with Crippen LogP contribution in [0.1, 0.15) is 41.6 Å². The molecule has 0 spiro atoms. The summed E-state index contributed by atoms with van der Waals surface area (Å²) in [4.78, 5) is 22.1. The molecule has 0 aliphatic rings. The van der Waals surface area contributed by atoms with Crippen molar-refractivity contribution in [2.24, 2.45) is 0 Å². The first kappa shape index (κ1) is 16.0. The molecule has 2 aromatic heterocycles. The zero-order valence-corrected chi connectivity index (χ0v) is 13.0. The lowest BCUT2D eigenvalue weighted by molar-refractivity contribution is -0.389. The molecule has 0 aromatic carbocycles. The van der Waals surface area contributed by atoms with Gasteiger partial charge in [-0.1, -0.05) is 16.7 Å². The van der Waals surface area contributed by atoms with E-state index in [2.05, 4.69) is 20.6 Å². The van der Waals surface area contributed by atoms with Crippen molar-refractivity contribution in [2.75, 3.05) is 0 Å². The largest absolute Gasteiger partial charge is 0.362 e. The molecule has 9 nitrogen and oxygen atoms in total. The fraction of sp³-hybridized carbons (Fsp3) is 0.417. The van der Waals surface area contributed by atoms with Crippen LogP contribution in [0, 0.1) is 17.0 Å². The lowest BCUT2D eigenvalue weighted by Gasteiger charge is -2.11. The van der Waals surface area contributed by atoms with E-state index in [4.69, 9.17) is 11.6 Å². The molecule has 0 aliphatic heterocycles. The van der Waals surface area contributed by atoms with Gasteiger partial charge in [-0.3, -0.25) is 9.48 Å². The zero-order valence-electron chi connectivity index (χ0n) is 12.3. The van der Waals surface area contributed by atoms with E-state index < -0.39 is 16.6 Å². The number of aromatic nitrogens is 4. The van der Waals surface area contributed by atoms with E-state index in [1.165, 1.54) is 0 Å². The Bertz CT molecular complexity index is 723. The molecule has 22 heavy (non-hydrogen) atoms. The highest BCUT2D eigenvalue weighted by atomic mass is 35.5. The molecule has 2 rings (SSSR count). The van der Waals surface area contributed by atoms with Crippen LogP contribution in [-0.2, 0) is 6.54 Å². The van der Waals surface area contributed by atoms with Crippen LogP contribution in [0.25, 0.3) is 0 Å². The molecule has 2 heterocycles. The Balaban J connectivity index is 2.17. The second kappa shape index (κ2) is 6.14. The SMILES string of the molecule is CCn1cc(C(C)NC(=O)c2n[nH]c([N+](=O)[O-])c2Cl)c(C)n1. The number of nitrogens with one attached hydrogen (secondary N) is 2. The van der Waals surface area contributed by atoms with Crippen molar-refractivity contribution in [1.29, 1.82) is 0 Å². The molecule has 0 saturated carbocycles. The van der Waals surface area contributed by atoms with E-state index in [-0.39, 0.29) is 16.8 Å². The maximum absolute atomic E-state index is 12.1. The number of halogens is 1. The first-order valence-corrected chi connectivity index (χ1v) is 6.96. The molecule has 2 aromatic rings. The van der Waals surface area contributed by atoms with E-state index in [0.717, 1.165) is 17.8 Å². The zero-order chi connectivity index (χ0) is 16.4. The van der Waals surface area contributed by atoms with E-state index in [1.54, 1.807) is 11.6 Å². The number of rotatable bonds is 5. The number of nitro groups is 1. The Labute approximate surface area is 130 Å². The average molecular weight is 327 g/mol. The minimum atomic E-state index is -0.731. The van der Waals surface area contributed by atoms with Gasteiger partial charge in [0.05, 0.1) is 11.7 Å². The molecular weight excluding hydrogens is 312 g/mol. The minimum absolute atomic E-state index is 0.208. The third-order valence-electron chi connectivity index (χ3n) is 3.21. The van der Waals surface area contributed by atoms with Crippen molar-refractivity contribution in [1.82, 2.24) is 25.3 Å². The third kappa shape index (κ3) is 2.93. The van der Waals surface area contributed by atoms with Crippen LogP contribution in [0.15, 0.2) is 6.20 Å². The summed E-state index contributed by atoms with van der Waals surface area (Å²) >= 11 is 5.79. The van der Waals surface area contributed by atoms with Gasteiger partial charge in [-0.05, 0) is 25.7 Å². The van der Waals surface area contributed by atoms with Crippen molar-refractivity contribution >= 4 is 23.3 Å². The highest BCUT2D eigenvalue weighted by Gasteiger charge is 2.26. The number of aryl methyl sites for hydroxylation is 2. The fourth-order valence-electron chi connectivity index (χ4n) is 2.05. The van der Waals surface area contributed by atoms with E-state index >= 15 is 0 Å². The number of carbonyl (C=O) groups excluding carboxylic acids is 1. The van der Waals surface area contributed by atoms with Crippen LogP contribution in [0.3, 0.4) is 0 Å². The van der Waals surface area contributed by atoms with Gasteiger partial charge in [-0.25, -0.2) is 0 Å². The minimum Gasteiger partial charge on any atom is -0.358 e. The second-order valence-corrected chi connectivity index (χ2v) is 5.09. The van der Waals surface area contributed by atoms with Crippen LogP contribution in [0.4, 0.5) is 5.82 Å². The maximum atomic E-state index is 12.1. The monoisotopic (exact) mass is 326 g/mol. The number of hydrogen-bond donors (Lipinski definition) is 2. The van der Waals surface area contributed by atoms with E-state index in [9.17, 15) is 14.9 Å². The number of aromatic amines is 1. The van der Waals surface area contributed by atoms with Crippen molar-refractivity contribution < 1.29 is 9.72 Å². The fourth-order valence-corrected chi connectivity index (χ4v) is 2.29. The van der Waals surface area contributed by atoms with Gasteiger partial charge >= 0.3 is 5.82 Å². The summed E-state index contributed by atoms with van der Waals surface area (Å²) in [6.45, 7) is 6.31. The van der Waals surface area contributed by atoms with E-state index in [0.29, 0.717) is 0 Å². The van der Waals surface area contributed by atoms with Crippen molar-refractivity contribution in [3.8, 4) is 0 Å². The molecule has 2 N–H and O–H groups in total. The smallest absolute Gasteiger partial charge is 0.358 e. The van der Waals surface area contributed by atoms with Crippen molar-refractivity contribution in [2.45, 2.75) is 33.4 Å². The van der Waals surface area contributed by atoms with Crippen LogP contribution in [0.5, 0.6) is 0 Å². The quantitative estimate of drug-likeness (QED) is 0.643. The van der Waals surface area contributed by atoms with Gasteiger partial charge in [0.15, 0.2) is 10.7 Å². The Morgan fingerprint density at radius 3 is 2.82 bits per heavy atom. The Kier molecular flexibility index (Phi) is 4.45. The Morgan fingerprint density at radius 2 is 2.32 bits per heavy atom. The summed E-state index contributed by atoms with van der Waals surface area (Å²) in [5.41, 5.74) is 1.45. The molecule has 1 atom stereocenters. The second-order valence-electron chi connectivity index (χ2n) is 4.71. The molecular formula is C12H15ClN6O3. The highest BCUT2D eigenvalue weighted by molar-refractivity contribution is 6.35. The lowest BCUT2D eigenvalue weighted by atomic mass is 10.1. The third-order valence-corrected chi connectivity index (χ3v) is 3.57. The molecule has 0 saturated heterocycles. The maximum Gasteiger partial charge on any atom is 0.362 e. The topological polar surface area (TPSA) is 119 Å². The first-order valence-electron chi connectivity index (χ1n) is 6.58. The van der Waals surface area contributed by atoms with Gasteiger partial charge in [-0.2, -0.15) is 5.10 Å². The van der Waals surface area contributed by atoms with Gasteiger partial charge < -0.3 is 15.4 Å². The Morgan fingerprint density at radius 1 is 1.64 bits per heavy atom. The number of carbonyl (C=O) groups is 1. The average Bonchev–Trinajstić information content (AvgIpc) is 3.01. The van der Waals surface area contributed by atoms with Gasteiger partial charge in [0.1, 0.15) is 0 Å². The van der Waals surface area contributed by atoms with Crippen LogP contribution < -0.4 is 5.32 Å². The van der Waals surface area contributed by atoms with Crippen molar-refractivity contribution in [3.05, 3.63) is 38.3 Å². The number of hydrogen-bond acceptors (Lipinski definition) is 5. The van der Waals surface area contributed by atoms with Gasteiger partial charge in [0.2, 0.25) is 0 Å². The molecule has 1 unspecified atom stereocenters. The molecule has 10 heteroatoms. The summed E-state index contributed by atoms with van der Waals surface area (Å²) in [5.74, 6) is -1.10. The summed E-state index contributed by atoms with van der Waals surface area (Å²) < 4.78 is 1.76. The van der Waals surface area contributed by atoms with Crippen LogP contribution in [0.2, 0.25) is 5.02 Å². The predicted molar refractivity (Wildman–Crippen MR) is 78.8 cm³/mol. The molecule has 0 bridgehead atoms. The molecule has 0 fully saturated rings. The summed E-state index contributed by atoms with van der Waals surface area (Å²) in [6.07, 6.45) is 1.84.